The van der Waals surface area contributed by atoms with Crippen LogP contribution in [0.15, 0.2) is 47.6 Å². The monoisotopic (exact) mass is 254 g/mol. The molecule has 2 N–H and O–H groups in total. The van der Waals surface area contributed by atoms with Crippen LogP contribution in [0, 0.1) is 5.53 Å². The first kappa shape index (κ1) is 13.3. The third-order valence-corrected chi connectivity index (χ3v) is 3.18. The van der Waals surface area contributed by atoms with E-state index in [0.29, 0.717) is 11.3 Å². The van der Waals surface area contributed by atoms with E-state index < -0.39 is 0 Å². The normalized spacial score (nSPS) is 11.3. The summed E-state index contributed by atoms with van der Waals surface area (Å²) in [4.78, 5) is 0. The van der Waals surface area contributed by atoms with Gasteiger partial charge in [-0.2, -0.15) is 5.11 Å². The summed E-state index contributed by atoms with van der Waals surface area (Å²) in [5.41, 5.74) is 10.5. The minimum Gasteiger partial charge on any atom is -0.507 e. The third kappa shape index (κ3) is 2.65. The van der Waals surface area contributed by atoms with Crippen LogP contribution in [0.4, 0.5) is 5.69 Å². The largest absolute Gasteiger partial charge is 0.507 e. The lowest BCUT2D eigenvalue weighted by molar-refractivity contribution is 0.477. The molecule has 0 radical (unpaired) electrons. The second kappa shape index (κ2) is 4.84. The molecule has 0 aliphatic carbocycles. The van der Waals surface area contributed by atoms with Crippen molar-refractivity contribution in [1.29, 1.82) is 5.53 Å². The van der Waals surface area contributed by atoms with Gasteiger partial charge in [-0.3, -0.25) is 0 Å². The Morgan fingerprint density at radius 2 is 1.68 bits per heavy atom. The molecule has 2 aromatic rings. The van der Waals surface area contributed by atoms with Crippen molar-refractivity contribution in [1.82, 2.24) is 0 Å². The zero-order valence-corrected chi connectivity index (χ0v) is 11.4. The van der Waals surface area contributed by atoms with E-state index in [4.69, 9.17) is 5.53 Å². The van der Waals surface area contributed by atoms with Crippen LogP contribution >= 0.6 is 0 Å². The summed E-state index contributed by atoms with van der Waals surface area (Å²) in [6, 6.07) is 12.9. The molecule has 0 amide bonds. The van der Waals surface area contributed by atoms with E-state index in [2.05, 4.69) is 25.9 Å². The first-order chi connectivity index (χ1) is 8.93. The Bertz CT molecular complexity index is 612. The predicted molar refractivity (Wildman–Crippen MR) is 77.1 cm³/mol. The van der Waals surface area contributed by atoms with Gasteiger partial charge in [-0.05, 0) is 29.2 Å². The molecule has 0 atom stereocenters. The number of phenolic OH excluding ortho intramolecular Hbond substituents is 1. The first-order valence-electron chi connectivity index (χ1n) is 6.24. The molecule has 0 saturated carbocycles. The van der Waals surface area contributed by atoms with Crippen molar-refractivity contribution in [2.45, 2.75) is 26.2 Å². The molecule has 2 aromatic carbocycles. The molecule has 0 saturated heterocycles. The Morgan fingerprint density at radius 1 is 1.00 bits per heavy atom. The van der Waals surface area contributed by atoms with Gasteiger partial charge >= 0.3 is 0 Å². The van der Waals surface area contributed by atoms with E-state index in [1.54, 1.807) is 12.1 Å². The van der Waals surface area contributed by atoms with Crippen molar-refractivity contribution < 1.29 is 5.11 Å². The van der Waals surface area contributed by atoms with E-state index in [-0.39, 0.29) is 11.2 Å². The fourth-order valence-electron chi connectivity index (χ4n) is 2.02. The van der Waals surface area contributed by atoms with Gasteiger partial charge in [0.05, 0.1) is 5.69 Å². The fourth-order valence-corrected chi connectivity index (χ4v) is 2.02. The molecule has 19 heavy (non-hydrogen) atoms. The maximum absolute atomic E-state index is 9.97. The van der Waals surface area contributed by atoms with Gasteiger partial charge in [0.25, 0.3) is 0 Å². The summed E-state index contributed by atoms with van der Waals surface area (Å²) in [6.07, 6.45) is 0. The summed E-state index contributed by atoms with van der Waals surface area (Å²) in [5, 5.41) is 13.5. The molecule has 0 fully saturated rings. The molecule has 2 rings (SSSR count). The maximum atomic E-state index is 9.97. The lowest BCUT2D eigenvalue weighted by atomic mass is 9.85. The van der Waals surface area contributed by atoms with E-state index in [1.807, 2.05) is 30.3 Å². The Balaban J connectivity index is 2.67. The molecule has 0 aliphatic heterocycles. The molecule has 3 nitrogen and oxygen atoms in total. The molecule has 0 bridgehead atoms. The molecule has 3 heteroatoms. The van der Waals surface area contributed by atoms with E-state index >= 15 is 0 Å². The van der Waals surface area contributed by atoms with Crippen molar-refractivity contribution in [3.63, 3.8) is 0 Å². The predicted octanol–water partition coefficient (Wildman–Crippen LogP) is 5.02. The van der Waals surface area contributed by atoms with Crippen LogP contribution in [0.5, 0.6) is 5.75 Å². The number of hydrogen-bond donors (Lipinski definition) is 2. The van der Waals surface area contributed by atoms with Crippen LogP contribution in [0.25, 0.3) is 11.1 Å². The minimum absolute atomic E-state index is 0.0136. The Kier molecular flexibility index (Phi) is 3.38. The second-order valence-electron chi connectivity index (χ2n) is 5.61. The molecule has 98 valence electrons. The number of nitrogens with zero attached hydrogens (tertiary/aromatic N) is 1. The summed E-state index contributed by atoms with van der Waals surface area (Å²) in [6.45, 7) is 6.40. The zero-order valence-electron chi connectivity index (χ0n) is 11.4. The van der Waals surface area contributed by atoms with Gasteiger partial charge in [0.1, 0.15) is 5.75 Å². The lowest BCUT2D eigenvalue weighted by Gasteiger charge is -2.20. The van der Waals surface area contributed by atoms with Gasteiger partial charge in [-0.15, -0.1) is 0 Å². The molecule has 0 spiro atoms. The van der Waals surface area contributed by atoms with Crippen LogP contribution in [-0.4, -0.2) is 5.11 Å². The number of phenols is 1. The van der Waals surface area contributed by atoms with Gasteiger partial charge in [0, 0.05) is 11.1 Å². The number of hydrogen-bond acceptors (Lipinski definition) is 3. The van der Waals surface area contributed by atoms with Gasteiger partial charge < -0.3 is 5.11 Å². The third-order valence-electron chi connectivity index (χ3n) is 3.18. The van der Waals surface area contributed by atoms with Gasteiger partial charge in [-0.25, -0.2) is 5.53 Å². The van der Waals surface area contributed by atoms with Gasteiger partial charge in [0.15, 0.2) is 0 Å². The van der Waals surface area contributed by atoms with Gasteiger partial charge in [-0.1, -0.05) is 45.0 Å². The molecular formula is C16H18N2O. The number of nitrogens with one attached hydrogen (secondary N) is 1. The molecule has 0 unspecified atom stereocenters. The van der Waals surface area contributed by atoms with Crippen molar-refractivity contribution >= 4 is 5.69 Å². The maximum Gasteiger partial charge on any atom is 0.123 e. The van der Waals surface area contributed by atoms with Crippen LogP contribution in [0.1, 0.15) is 26.3 Å². The smallest absolute Gasteiger partial charge is 0.123 e. The van der Waals surface area contributed by atoms with Crippen LogP contribution in [0.3, 0.4) is 0 Å². The summed E-state index contributed by atoms with van der Waals surface area (Å²) >= 11 is 0. The Morgan fingerprint density at radius 3 is 2.26 bits per heavy atom. The number of benzene rings is 2. The minimum atomic E-state index is 0.0136. The lowest BCUT2D eigenvalue weighted by Crippen LogP contribution is -2.10. The van der Waals surface area contributed by atoms with Crippen molar-refractivity contribution in [3.8, 4) is 16.9 Å². The standard InChI is InChI=1S/C16H18N2O/c1-16(2,3)11-8-9-14(18-17)13(10-11)12-6-4-5-7-15(12)19/h4-10,17,19H,1-3H3. The average molecular weight is 254 g/mol. The van der Waals surface area contributed by atoms with E-state index in [0.717, 1.165) is 11.1 Å². The van der Waals surface area contributed by atoms with Crippen LogP contribution < -0.4 is 0 Å². The Labute approximate surface area is 113 Å². The Hall–Kier alpha value is -2.16. The number of para-hydroxylation sites is 1. The highest BCUT2D eigenvalue weighted by Crippen LogP contribution is 2.38. The van der Waals surface area contributed by atoms with Crippen molar-refractivity contribution in [2.24, 2.45) is 5.11 Å². The molecular weight excluding hydrogens is 236 g/mol. The van der Waals surface area contributed by atoms with Crippen molar-refractivity contribution in [2.75, 3.05) is 0 Å². The summed E-state index contributed by atoms with van der Waals surface area (Å²) < 4.78 is 0. The quantitative estimate of drug-likeness (QED) is 0.726. The first-order valence-corrected chi connectivity index (χ1v) is 6.24. The fraction of sp³-hybridized carbons (Fsp3) is 0.250. The molecule has 0 aromatic heterocycles. The highest BCUT2D eigenvalue weighted by molar-refractivity contribution is 5.80. The van der Waals surface area contributed by atoms with Gasteiger partial charge in [0.2, 0.25) is 0 Å². The highest BCUT2D eigenvalue weighted by Gasteiger charge is 2.17. The van der Waals surface area contributed by atoms with E-state index in [1.165, 1.54) is 0 Å². The van der Waals surface area contributed by atoms with Crippen LogP contribution in [-0.2, 0) is 5.41 Å². The summed E-state index contributed by atoms with van der Waals surface area (Å²) in [5.74, 6) is 0.207. The number of rotatable bonds is 2. The molecule has 0 aliphatic rings. The SMILES string of the molecule is CC(C)(C)c1ccc(N=N)c(-c2ccccc2O)c1. The average Bonchev–Trinajstić information content (AvgIpc) is 2.37. The second-order valence-corrected chi connectivity index (χ2v) is 5.61. The van der Waals surface area contributed by atoms with Crippen LogP contribution in [0.2, 0.25) is 0 Å². The highest BCUT2D eigenvalue weighted by atomic mass is 16.3. The van der Waals surface area contributed by atoms with E-state index in [9.17, 15) is 5.11 Å². The summed E-state index contributed by atoms with van der Waals surface area (Å²) in [7, 11) is 0. The molecule has 0 heterocycles. The topological polar surface area (TPSA) is 56.4 Å². The van der Waals surface area contributed by atoms with Crippen molar-refractivity contribution in [3.05, 3.63) is 48.0 Å². The number of aromatic hydroxyl groups is 1. The zero-order chi connectivity index (χ0) is 14.0.